The van der Waals surface area contributed by atoms with E-state index in [4.69, 9.17) is 0 Å². The lowest BCUT2D eigenvalue weighted by molar-refractivity contribution is 0.0941. The van der Waals surface area contributed by atoms with Crippen LogP contribution in [-0.2, 0) is 0 Å². The number of hydrogen-bond acceptors (Lipinski definition) is 3. The van der Waals surface area contributed by atoms with Crippen LogP contribution in [0.4, 0.5) is 0 Å². The second kappa shape index (κ2) is 7.33. The van der Waals surface area contributed by atoms with Gasteiger partial charge < -0.3 is 10.2 Å². The first-order valence-electron chi connectivity index (χ1n) is 6.68. The molecule has 0 aliphatic rings. The van der Waals surface area contributed by atoms with Crippen LogP contribution in [0.3, 0.4) is 0 Å². The Balaban J connectivity index is 2.04. The molecule has 1 N–H and O–H groups in total. The van der Waals surface area contributed by atoms with Crippen molar-refractivity contribution in [3.05, 3.63) is 64.4 Å². The molecule has 0 saturated heterocycles. The zero-order valence-corrected chi connectivity index (χ0v) is 13.7. The van der Waals surface area contributed by atoms with E-state index < -0.39 is 0 Å². The summed E-state index contributed by atoms with van der Waals surface area (Å²) < 4.78 is 0.794. The predicted molar refractivity (Wildman–Crippen MR) is 87.1 cm³/mol. The lowest BCUT2D eigenvalue weighted by Gasteiger charge is -2.25. The summed E-state index contributed by atoms with van der Waals surface area (Å²) in [4.78, 5) is 18.3. The number of benzene rings is 1. The van der Waals surface area contributed by atoms with Crippen LogP contribution >= 0.6 is 15.9 Å². The fourth-order valence-electron chi connectivity index (χ4n) is 2.10. The minimum atomic E-state index is -0.119. The van der Waals surface area contributed by atoms with Crippen molar-refractivity contribution in [2.75, 3.05) is 20.6 Å². The van der Waals surface area contributed by atoms with Gasteiger partial charge in [-0.2, -0.15) is 0 Å². The number of nitrogens with one attached hydrogen (secondary N) is 1. The molecule has 1 unspecified atom stereocenters. The second-order valence-electron chi connectivity index (χ2n) is 4.99. The predicted octanol–water partition coefficient (Wildman–Crippen LogP) is 2.88. The maximum Gasteiger partial charge on any atom is 0.252 e. The van der Waals surface area contributed by atoms with Gasteiger partial charge >= 0.3 is 0 Å². The zero-order chi connectivity index (χ0) is 15.2. The highest BCUT2D eigenvalue weighted by molar-refractivity contribution is 9.10. The van der Waals surface area contributed by atoms with Crippen LogP contribution < -0.4 is 5.32 Å². The molecule has 1 aromatic carbocycles. The first kappa shape index (κ1) is 15.7. The van der Waals surface area contributed by atoms with E-state index in [1.165, 1.54) is 5.56 Å². The van der Waals surface area contributed by atoms with E-state index in [0.29, 0.717) is 12.1 Å². The average molecular weight is 348 g/mol. The Morgan fingerprint density at radius 1 is 1.29 bits per heavy atom. The van der Waals surface area contributed by atoms with Crippen LogP contribution in [0.25, 0.3) is 0 Å². The van der Waals surface area contributed by atoms with Crippen molar-refractivity contribution in [1.82, 2.24) is 15.2 Å². The number of carbonyl (C=O) groups is 1. The number of amides is 1. The molecule has 110 valence electrons. The number of pyridine rings is 1. The highest BCUT2D eigenvalue weighted by atomic mass is 79.9. The molecule has 0 radical (unpaired) electrons. The maximum absolute atomic E-state index is 12.2. The molecule has 1 atom stereocenters. The van der Waals surface area contributed by atoms with Gasteiger partial charge in [0.15, 0.2) is 0 Å². The Morgan fingerprint density at radius 2 is 2.00 bits per heavy atom. The Bertz CT molecular complexity index is 601. The molecular weight excluding hydrogens is 330 g/mol. The van der Waals surface area contributed by atoms with Crippen molar-refractivity contribution >= 4 is 21.8 Å². The maximum atomic E-state index is 12.2. The smallest absolute Gasteiger partial charge is 0.252 e. The van der Waals surface area contributed by atoms with E-state index in [1.54, 1.807) is 18.5 Å². The first-order chi connectivity index (χ1) is 10.1. The van der Waals surface area contributed by atoms with Crippen molar-refractivity contribution < 1.29 is 4.79 Å². The minimum Gasteiger partial charge on any atom is -0.350 e. The van der Waals surface area contributed by atoms with E-state index in [-0.39, 0.29) is 11.9 Å². The Kier molecular flexibility index (Phi) is 5.47. The SMILES string of the molecule is CN(C)C(CNC(=O)c1cncc(Br)c1)c1ccccc1. The quantitative estimate of drug-likeness (QED) is 0.904. The van der Waals surface area contributed by atoms with Crippen LogP contribution in [0, 0.1) is 0 Å². The van der Waals surface area contributed by atoms with Crippen LogP contribution in [0.5, 0.6) is 0 Å². The molecule has 0 aliphatic carbocycles. The number of nitrogens with zero attached hydrogens (tertiary/aromatic N) is 2. The molecule has 1 amide bonds. The van der Waals surface area contributed by atoms with Crippen LogP contribution in [0.15, 0.2) is 53.3 Å². The van der Waals surface area contributed by atoms with Gasteiger partial charge in [0.2, 0.25) is 0 Å². The molecule has 0 spiro atoms. The fourth-order valence-corrected chi connectivity index (χ4v) is 2.47. The molecule has 1 heterocycles. The van der Waals surface area contributed by atoms with E-state index >= 15 is 0 Å². The summed E-state index contributed by atoms with van der Waals surface area (Å²) in [5.41, 5.74) is 1.73. The van der Waals surface area contributed by atoms with Gasteiger partial charge in [-0.3, -0.25) is 9.78 Å². The van der Waals surface area contributed by atoms with Gasteiger partial charge in [-0.1, -0.05) is 30.3 Å². The fraction of sp³-hybridized carbons (Fsp3) is 0.250. The number of carbonyl (C=O) groups excluding carboxylic acids is 1. The Morgan fingerprint density at radius 3 is 2.62 bits per heavy atom. The second-order valence-corrected chi connectivity index (χ2v) is 5.91. The summed E-state index contributed by atoms with van der Waals surface area (Å²) in [6, 6.07) is 12.0. The standard InChI is InChI=1S/C16H18BrN3O/c1-20(2)15(12-6-4-3-5-7-12)11-19-16(21)13-8-14(17)10-18-9-13/h3-10,15H,11H2,1-2H3,(H,19,21). The lowest BCUT2D eigenvalue weighted by atomic mass is 10.1. The lowest BCUT2D eigenvalue weighted by Crippen LogP contribution is -2.34. The van der Waals surface area contributed by atoms with Crippen LogP contribution in [-0.4, -0.2) is 36.4 Å². The molecule has 0 fully saturated rings. The number of aromatic nitrogens is 1. The van der Waals surface area contributed by atoms with E-state index in [2.05, 4.69) is 43.3 Å². The molecule has 2 aromatic rings. The highest BCUT2D eigenvalue weighted by Gasteiger charge is 2.15. The molecule has 0 saturated carbocycles. The summed E-state index contributed by atoms with van der Waals surface area (Å²) in [5, 5.41) is 2.96. The van der Waals surface area contributed by atoms with Crippen molar-refractivity contribution in [3.8, 4) is 0 Å². The summed E-state index contributed by atoms with van der Waals surface area (Å²) in [5.74, 6) is -0.119. The first-order valence-corrected chi connectivity index (χ1v) is 7.47. The third kappa shape index (κ3) is 4.37. The molecule has 4 nitrogen and oxygen atoms in total. The molecule has 0 aliphatic heterocycles. The molecule has 0 bridgehead atoms. The van der Waals surface area contributed by atoms with Crippen molar-refractivity contribution in [1.29, 1.82) is 0 Å². The number of rotatable bonds is 5. The molecular formula is C16H18BrN3O. The van der Waals surface area contributed by atoms with Gasteiger partial charge in [-0.05, 0) is 41.7 Å². The van der Waals surface area contributed by atoms with Crippen LogP contribution in [0.2, 0.25) is 0 Å². The molecule has 5 heteroatoms. The van der Waals surface area contributed by atoms with E-state index in [9.17, 15) is 4.79 Å². The highest BCUT2D eigenvalue weighted by Crippen LogP contribution is 2.17. The van der Waals surface area contributed by atoms with E-state index in [1.807, 2.05) is 32.3 Å². The molecule has 21 heavy (non-hydrogen) atoms. The number of hydrogen-bond donors (Lipinski definition) is 1. The topological polar surface area (TPSA) is 45.2 Å². The normalized spacial score (nSPS) is 12.2. The average Bonchev–Trinajstić information content (AvgIpc) is 2.48. The molecule has 2 rings (SSSR count). The van der Waals surface area contributed by atoms with Gasteiger partial charge in [0.05, 0.1) is 11.6 Å². The number of halogens is 1. The van der Waals surface area contributed by atoms with Crippen molar-refractivity contribution in [2.45, 2.75) is 6.04 Å². The number of likely N-dealkylation sites (N-methyl/N-ethyl adjacent to an activating group) is 1. The largest absolute Gasteiger partial charge is 0.350 e. The molecule has 1 aromatic heterocycles. The third-order valence-corrected chi connectivity index (χ3v) is 3.66. The summed E-state index contributed by atoms with van der Waals surface area (Å²) in [7, 11) is 4.01. The van der Waals surface area contributed by atoms with Gasteiger partial charge in [-0.25, -0.2) is 0 Å². The Labute approximate surface area is 133 Å². The van der Waals surface area contributed by atoms with E-state index in [0.717, 1.165) is 4.47 Å². The van der Waals surface area contributed by atoms with Gasteiger partial charge in [-0.15, -0.1) is 0 Å². The van der Waals surface area contributed by atoms with Crippen molar-refractivity contribution in [2.24, 2.45) is 0 Å². The van der Waals surface area contributed by atoms with Crippen LogP contribution in [0.1, 0.15) is 22.0 Å². The summed E-state index contributed by atoms with van der Waals surface area (Å²) in [6.07, 6.45) is 3.22. The summed E-state index contributed by atoms with van der Waals surface area (Å²) >= 11 is 3.32. The van der Waals surface area contributed by atoms with Gasteiger partial charge in [0, 0.05) is 23.4 Å². The Hall–Kier alpha value is -1.72. The van der Waals surface area contributed by atoms with Gasteiger partial charge in [0.25, 0.3) is 5.91 Å². The third-order valence-electron chi connectivity index (χ3n) is 3.23. The minimum absolute atomic E-state index is 0.119. The monoisotopic (exact) mass is 347 g/mol. The summed E-state index contributed by atoms with van der Waals surface area (Å²) in [6.45, 7) is 0.544. The zero-order valence-electron chi connectivity index (χ0n) is 12.1. The van der Waals surface area contributed by atoms with Crippen molar-refractivity contribution in [3.63, 3.8) is 0 Å². The van der Waals surface area contributed by atoms with Gasteiger partial charge in [0.1, 0.15) is 0 Å².